The van der Waals surface area contributed by atoms with Gasteiger partial charge >= 0.3 is 5.97 Å². The van der Waals surface area contributed by atoms with Crippen molar-refractivity contribution in [2.45, 2.75) is 13.3 Å². The number of aryl methyl sites for hydroxylation is 1. The van der Waals surface area contributed by atoms with Crippen LogP contribution in [0.1, 0.15) is 17.5 Å². The van der Waals surface area contributed by atoms with Gasteiger partial charge in [-0.05, 0) is 18.6 Å². The highest BCUT2D eigenvalue weighted by Gasteiger charge is 2.19. The lowest BCUT2D eigenvalue weighted by atomic mass is 10.1. The fourth-order valence-electron chi connectivity index (χ4n) is 2.40. The summed E-state index contributed by atoms with van der Waals surface area (Å²) >= 11 is 0. The number of piperazine rings is 1. The summed E-state index contributed by atoms with van der Waals surface area (Å²) < 4.78 is 0. The number of hydrogen-bond acceptors (Lipinski definition) is 3. The highest BCUT2D eigenvalue weighted by Crippen LogP contribution is 2.07. The minimum absolute atomic E-state index is 0.0125. The molecule has 118 valence electrons. The third-order valence-electron chi connectivity index (χ3n) is 3.82. The van der Waals surface area contributed by atoms with Crippen molar-refractivity contribution in [1.82, 2.24) is 9.80 Å². The van der Waals surface area contributed by atoms with E-state index < -0.39 is 5.97 Å². The van der Waals surface area contributed by atoms with Crippen molar-refractivity contribution < 1.29 is 14.7 Å². The second-order valence-corrected chi connectivity index (χ2v) is 5.55. The molecule has 1 aliphatic rings. The number of rotatable bonds is 5. The molecular formula is C17H22N2O3. The van der Waals surface area contributed by atoms with Crippen molar-refractivity contribution in [2.75, 3.05) is 32.7 Å². The van der Waals surface area contributed by atoms with Crippen LogP contribution in [0.15, 0.2) is 30.3 Å². The van der Waals surface area contributed by atoms with Gasteiger partial charge in [0.05, 0.1) is 6.42 Å². The average Bonchev–Trinajstić information content (AvgIpc) is 2.52. The first-order chi connectivity index (χ1) is 10.5. The Labute approximate surface area is 130 Å². The van der Waals surface area contributed by atoms with Crippen molar-refractivity contribution >= 4 is 18.0 Å². The Morgan fingerprint density at radius 1 is 1.14 bits per heavy atom. The first kappa shape index (κ1) is 16.2. The van der Waals surface area contributed by atoms with Gasteiger partial charge in [0.1, 0.15) is 0 Å². The molecule has 1 aliphatic heterocycles. The first-order valence-electron chi connectivity index (χ1n) is 7.52. The van der Waals surface area contributed by atoms with Crippen LogP contribution in [0, 0.1) is 6.92 Å². The van der Waals surface area contributed by atoms with E-state index >= 15 is 0 Å². The van der Waals surface area contributed by atoms with E-state index in [9.17, 15) is 9.59 Å². The van der Waals surface area contributed by atoms with E-state index in [2.05, 4.69) is 4.90 Å². The summed E-state index contributed by atoms with van der Waals surface area (Å²) in [6, 6.07) is 8.02. The third-order valence-corrected chi connectivity index (χ3v) is 3.82. The second-order valence-electron chi connectivity index (χ2n) is 5.55. The van der Waals surface area contributed by atoms with Crippen LogP contribution in [0.2, 0.25) is 0 Å². The van der Waals surface area contributed by atoms with Gasteiger partial charge in [0.25, 0.3) is 0 Å². The van der Waals surface area contributed by atoms with Crippen LogP contribution in [0.5, 0.6) is 0 Å². The summed E-state index contributed by atoms with van der Waals surface area (Å²) in [6.45, 7) is 5.35. The normalized spacial score (nSPS) is 16.1. The van der Waals surface area contributed by atoms with E-state index in [0.29, 0.717) is 19.6 Å². The molecule has 1 heterocycles. The largest absolute Gasteiger partial charge is 0.481 e. The summed E-state index contributed by atoms with van der Waals surface area (Å²) in [5.74, 6) is -0.766. The molecule has 0 atom stereocenters. The third kappa shape index (κ3) is 5.00. The maximum Gasteiger partial charge on any atom is 0.304 e. The lowest BCUT2D eigenvalue weighted by Gasteiger charge is -2.33. The van der Waals surface area contributed by atoms with Gasteiger partial charge in [-0.3, -0.25) is 14.5 Å². The number of nitrogens with zero attached hydrogens (tertiary/aromatic N) is 2. The summed E-state index contributed by atoms with van der Waals surface area (Å²) in [6.07, 6.45) is 3.59. The van der Waals surface area contributed by atoms with E-state index in [1.54, 1.807) is 6.08 Å². The zero-order valence-corrected chi connectivity index (χ0v) is 12.9. The van der Waals surface area contributed by atoms with Gasteiger partial charge in [0, 0.05) is 38.8 Å². The molecular weight excluding hydrogens is 280 g/mol. The SMILES string of the molecule is Cc1ccc(/C=C/C(=O)N2CCN(CCC(=O)O)CC2)cc1. The number of amides is 1. The van der Waals surface area contributed by atoms with Gasteiger partial charge in [-0.25, -0.2) is 0 Å². The van der Waals surface area contributed by atoms with Crippen LogP contribution in [-0.4, -0.2) is 59.5 Å². The Kier molecular flexibility index (Phi) is 5.72. The number of carbonyl (C=O) groups excluding carboxylic acids is 1. The molecule has 0 unspecified atom stereocenters. The molecule has 0 aliphatic carbocycles. The van der Waals surface area contributed by atoms with Crippen molar-refractivity contribution in [3.63, 3.8) is 0 Å². The quantitative estimate of drug-likeness (QED) is 0.840. The number of carboxylic acids is 1. The molecule has 2 rings (SSSR count). The molecule has 1 saturated heterocycles. The molecule has 0 aromatic heterocycles. The molecule has 5 heteroatoms. The lowest BCUT2D eigenvalue weighted by Crippen LogP contribution is -2.48. The van der Waals surface area contributed by atoms with Crippen LogP contribution < -0.4 is 0 Å². The molecule has 0 bridgehead atoms. The standard InChI is InChI=1S/C17H22N2O3/c1-14-2-4-15(5-3-14)6-7-16(20)19-12-10-18(11-13-19)9-8-17(21)22/h2-7H,8-13H2,1H3,(H,21,22)/b7-6+. The summed E-state index contributed by atoms with van der Waals surface area (Å²) in [5, 5.41) is 8.68. The molecule has 1 aromatic carbocycles. The highest BCUT2D eigenvalue weighted by molar-refractivity contribution is 5.91. The molecule has 1 fully saturated rings. The summed E-state index contributed by atoms with van der Waals surface area (Å²) in [4.78, 5) is 26.6. The molecule has 1 amide bonds. The van der Waals surface area contributed by atoms with Gasteiger partial charge in [-0.2, -0.15) is 0 Å². The number of carboxylic acid groups (broad SMARTS) is 1. The predicted molar refractivity (Wildman–Crippen MR) is 85.5 cm³/mol. The molecule has 0 saturated carbocycles. The van der Waals surface area contributed by atoms with Crippen LogP contribution >= 0.6 is 0 Å². The van der Waals surface area contributed by atoms with E-state index in [0.717, 1.165) is 18.7 Å². The maximum atomic E-state index is 12.1. The minimum atomic E-state index is -0.778. The molecule has 22 heavy (non-hydrogen) atoms. The van der Waals surface area contributed by atoms with E-state index in [-0.39, 0.29) is 12.3 Å². The minimum Gasteiger partial charge on any atom is -0.481 e. The van der Waals surface area contributed by atoms with Crippen molar-refractivity contribution in [2.24, 2.45) is 0 Å². The number of carbonyl (C=O) groups is 2. The van der Waals surface area contributed by atoms with Crippen LogP contribution in [0.3, 0.4) is 0 Å². The summed E-state index contributed by atoms with van der Waals surface area (Å²) in [7, 11) is 0. The van der Waals surface area contributed by atoms with Gasteiger partial charge in [-0.15, -0.1) is 0 Å². The smallest absolute Gasteiger partial charge is 0.304 e. The second kappa shape index (κ2) is 7.75. The Hall–Kier alpha value is -2.14. The van der Waals surface area contributed by atoms with Gasteiger partial charge in [0.15, 0.2) is 0 Å². The number of aliphatic carboxylic acids is 1. The molecule has 0 radical (unpaired) electrons. The maximum absolute atomic E-state index is 12.1. The molecule has 1 aromatic rings. The lowest BCUT2D eigenvalue weighted by molar-refractivity contribution is -0.138. The van der Waals surface area contributed by atoms with E-state index in [4.69, 9.17) is 5.11 Å². The molecule has 1 N–H and O–H groups in total. The van der Waals surface area contributed by atoms with Crippen molar-refractivity contribution in [1.29, 1.82) is 0 Å². The zero-order chi connectivity index (χ0) is 15.9. The summed E-state index contributed by atoms with van der Waals surface area (Å²) in [5.41, 5.74) is 2.21. The van der Waals surface area contributed by atoms with Crippen LogP contribution in [0.25, 0.3) is 6.08 Å². The number of hydrogen-bond donors (Lipinski definition) is 1. The van der Waals surface area contributed by atoms with Gasteiger partial charge in [-0.1, -0.05) is 29.8 Å². The van der Waals surface area contributed by atoms with E-state index in [1.165, 1.54) is 5.56 Å². The zero-order valence-electron chi connectivity index (χ0n) is 12.9. The average molecular weight is 302 g/mol. The van der Waals surface area contributed by atoms with Gasteiger partial charge < -0.3 is 10.0 Å². The van der Waals surface area contributed by atoms with Crippen molar-refractivity contribution in [3.8, 4) is 0 Å². The molecule has 0 spiro atoms. The predicted octanol–water partition coefficient (Wildman–Crippen LogP) is 1.63. The Morgan fingerprint density at radius 2 is 1.77 bits per heavy atom. The monoisotopic (exact) mass is 302 g/mol. The van der Waals surface area contributed by atoms with Gasteiger partial charge in [0.2, 0.25) is 5.91 Å². The highest BCUT2D eigenvalue weighted by atomic mass is 16.4. The Morgan fingerprint density at radius 3 is 2.36 bits per heavy atom. The van der Waals surface area contributed by atoms with Crippen molar-refractivity contribution in [3.05, 3.63) is 41.5 Å². The van der Waals surface area contributed by atoms with Crippen LogP contribution in [0.4, 0.5) is 0 Å². The Bertz CT molecular complexity index is 544. The fraction of sp³-hybridized carbons (Fsp3) is 0.412. The Balaban J connectivity index is 1.79. The van der Waals surface area contributed by atoms with Crippen LogP contribution in [-0.2, 0) is 9.59 Å². The number of benzene rings is 1. The molecule has 5 nitrogen and oxygen atoms in total. The van der Waals surface area contributed by atoms with E-state index in [1.807, 2.05) is 42.2 Å². The fourth-order valence-corrected chi connectivity index (χ4v) is 2.40. The topological polar surface area (TPSA) is 60.9 Å². The first-order valence-corrected chi connectivity index (χ1v) is 7.52.